The first kappa shape index (κ1) is 15.3. The summed E-state index contributed by atoms with van der Waals surface area (Å²) < 4.78 is 0. The number of carbonyl (C=O) groups is 1. The first-order valence-corrected chi connectivity index (χ1v) is 9.07. The molecule has 1 amide bonds. The first-order valence-electron chi connectivity index (χ1n) is 9.07. The molecule has 0 bridgehead atoms. The fourth-order valence-corrected chi connectivity index (χ4v) is 3.46. The molecule has 1 aliphatic heterocycles. The minimum atomic E-state index is -0.0590. The van der Waals surface area contributed by atoms with Gasteiger partial charge in [0.05, 0.1) is 11.3 Å². The normalized spacial score (nSPS) is 17.3. The standard InChI is InChI=1S/C19H20N6O/c26-19(15-9-21-18-14(15)2-1-7-20-18)22-8-12-10-25(11-12)17-6-5-16(23-24-17)13-3-4-13/h1-2,5-7,9,12-13H,3-4,8,10-11H2,(H,20,21)(H,22,26). The van der Waals surface area contributed by atoms with Crippen molar-refractivity contribution in [2.24, 2.45) is 5.92 Å². The molecule has 1 saturated heterocycles. The fourth-order valence-electron chi connectivity index (χ4n) is 3.46. The van der Waals surface area contributed by atoms with Crippen molar-refractivity contribution >= 4 is 22.8 Å². The van der Waals surface area contributed by atoms with Gasteiger partial charge in [-0.05, 0) is 37.1 Å². The quantitative estimate of drug-likeness (QED) is 0.737. The molecular formula is C19H20N6O. The van der Waals surface area contributed by atoms with E-state index >= 15 is 0 Å². The molecule has 1 saturated carbocycles. The van der Waals surface area contributed by atoms with E-state index in [2.05, 4.69) is 42.5 Å². The molecular weight excluding hydrogens is 328 g/mol. The van der Waals surface area contributed by atoms with Crippen molar-refractivity contribution in [2.45, 2.75) is 18.8 Å². The van der Waals surface area contributed by atoms with Crippen LogP contribution in [0.5, 0.6) is 0 Å². The zero-order valence-electron chi connectivity index (χ0n) is 14.4. The predicted octanol–water partition coefficient (Wildman–Crippen LogP) is 2.10. The Labute approximate surface area is 150 Å². The summed E-state index contributed by atoms with van der Waals surface area (Å²) in [6.07, 6.45) is 5.92. The molecule has 4 heterocycles. The van der Waals surface area contributed by atoms with Gasteiger partial charge in [0.1, 0.15) is 5.65 Å². The monoisotopic (exact) mass is 348 g/mol. The van der Waals surface area contributed by atoms with E-state index in [1.165, 1.54) is 12.8 Å². The molecule has 0 spiro atoms. The zero-order chi connectivity index (χ0) is 17.5. The molecule has 26 heavy (non-hydrogen) atoms. The van der Waals surface area contributed by atoms with E-state index in [0.29, 0.717) is 23.9 Å². The number of fused-ring (bicyclic) bond motifs is 1. The highest BCUT2D eigenvalue weighted by atomic mass is 16.1. The molecule has 5 rings (SSSR count). The Bertz CT molecular complexity index is 940. The molecule has 3 aromatic heterocycles. The zero-order valence-corrected chi connectivity index (χ0v) is 14.4. The lowest BCUT2D eigenvalue weighted by molar-refractivity contribution is 0.0946. The molecule has 2 fully saturated rings. The summed E-state index contributed by atoms with van der Waals surface area (Å²) in [6.45, 7) is 2.45. The van der Waals surface area contributed by atoms with Crippen molar-refractivity contribution in [3.8, 4) is 0 Å². The number of aromatic nitrogens is 4. The van der Waals surface area contributed by atoms with Crippen molar-refractivity contribution < 1.29 is 4.79 Å². The van der Waals surface area contributed by atoms with Gasteiger partial charge in [0, 0.05) is 49.2 Å². The Kier molecular flexibility index (Phi) is 3.58. The van der Waals surface area contributed by atoms with Crippen LogP contribution >= 0.6 is 0 Å². The molecule has 3 aromatic rings. The number of anilines is 1. The van der Waals surface area contributed by atoms with Gasteiger partial charge >= 0.3 is 0 Å². The Morgan fingerprint density at radius 2 is 2.12 bits per heavy atom. The number of rotatable bonds is 5. The van der Waals surface area contributed by atoms with Gasteiger partial charge in [0.15, 0.2) is 5.82 Å². The van der Waals surface area contributed by atoms with Gasteiger partial charge in [0.25, 0.3) is 5.91 Å². The number of nitrogens with zero attached hydrogens (tertiary/aromatic N) is 4. The van der Waals surface area contributed by atoms with Crippen molar-refractivity contribution in [1.29, 1.82) is 0 Å². The summed E-state index contributed by atoms with van der Waals surface area (Å²) in [5, 5.41) is 12.6. The van der Waals surface area contributed by atoms with Crippen LogP contribution in [0.25, 0.3) is 11.0 Å². The lowest BCUT2D eigenvalue weighted by Gasteiger charge is -2.39. The second kappa shape index (κ2) is 6.09. The molecule has 0 aromatic carbocycles. The number of hydrogen-bond acceptors (Lipinski definition) is 5. The topological polar surface area (TPSA) is 86.8 Å². The summed E-state index contributed by atoms with van der Waals surface area (Å²) in [7, 11) is 0. The van der Waals surface area contributed by atoms with Crippen LogP contribution in [0, 0.1) is 5.92 Å². The van der Waals surface area contributed by atoms with Gasteiger partial charge in [0.2, 0.25) is 0 Å². The average Bonchev–Trinajstić information content (AvgIpc) is 3.39. The van der Waals surface area contributed by atoms with Crippen LogP contribution in [0.3, 0.4) is 0 Å². The first-order chi connectivity index (χ1) is 12.8. The maximum atomic E-state index is 12.4. The maximum Gasteiger partial charge on any atom is 0.253 e. The summed E-state index contributed by atoms with van der Waals surface area (Å²) in [6, 6.07) is 7.91. The summed E-state index contributed by atoms with van der Waals surface area (Å²) in [5.41, 5.74) is 2.50. The number of H-pyrrole nitrogens is 1. The fraction of sp³-hybridized carbons (Fsp3) is 0.368. The highest BCUT2D eigenvalue weighted by Crippen LogP contribution is 2.38. The molecule has 7 nitrogen and oxygen atoms in total. The van der Waals surface area contributed by atoms with E-state index in [9.17, 15) is 4.79 Å². The van der Waals surface area contributed by atoms with E-state index in [0.717, 1.165) is 35.6 Å². The van der Waals surface area contributed by atoms with Crippen LogP contribution in [-0.2, 0) is 0 Å². The molecule has 2 aliphatic rings. The number of carbonyl (C=O) groups excluding carboxylic acids is 1. The number of nitrogens with one attached hydrogen (secondary N) is 2. The number of amides is 1. The Hall–Kier alpha value is -2.96. The van der Waals surface area contributed by atoms with Crippen molar-refractivity contribution in [3.63, 3.8) is 0 Å². The third-order valence-corrected chi connectivity index (χ3v) is 5.19. The second-order valence-electron chi connectivity index (χ2n) is 7.17. The molecule has 2 N–H and O–H groups in total. The molecule has 132 valence electrons. The minimum Gasteiger partial charge on any atom is -0.354 e. The summed E-state index contributed by atoms with van der Waals surface area (Å²) >= 11 is 0. The number of aromatic amines is 1. The molecule has 1 aliphatic carbocycles. The smallest absolute Gasteiger partial charge is 0.253 e. The van der Waals surface area contributed by atoms with E-state index in [4.69, 9.17) is 0 Å². The third-order valence-electron chi connectivity index (χ3n) is 5.19. The van der Waals surface area contributed by atoms with E-state index in [-0.39, 0.29) is 5.91 Å². The molecule has 0 atom stereocenters. The van der Waals surface area contributed by atoms with E-state index < -0.39 is 0 Å². The van der Waals surface area contributed by atoms with Crippen LogP contribution in [0.4, 0.5) is 5.82 Å². The van der Waals surface area contributed by atoms with Crippen LogP contribution in [-0.4, -0.2) is 45.7 Å². The van der Waals surface area contributed by atoms with Gasteiger partial charge in [-0.2, -0.15) is 5.10 Å². The summed E-state index contributed by atoms with van der Waals surface area (Å²) in [5.74, 6) is 1.94. The average molecular weight is 348 g/mol. The van der Waals surface area contributed by atoms with E-state index in [1.54, 1.807) is 12.4 Å². The van der Waals surface area contributed by atoms with Gasteiger partial charge in [-0.25, -0.2) is 4.98 Å². The highest BCUT2D eigenvalue weighted by Gasteiger charge is 2.30. The predicted molar refractivity (Wildman–Crippen MR) is 98.1 cm³/mol. The lowest BCUT2D eigenvalue weighted by atomic mass is 10.00. The third kappa shape index (κ3) is 2.79. The van der Waals surface area contributed by atoms with Gasteiger partial charge < -0.3 is 15.2 Å². The Morgan fingerprint density at radius 1 is 1.23 bits per heavy atom. The van der Waals surface area contributed by atoms with Crippen LogP contribution in [0.15, 0.2) is 36.7 Å². The van der Waals surface area contributed by atoms with Crippen molar-refractivity contribution in [3.05, 3.63) is 47.9 Å². The van der Waals surface area contributed by atoms with Gasteiger partial charge in [-0.15, -0.1) is 5.10 Å². The number of pyridine rings is 1. The summed E-state index contributed by atoms with van der Waals surface area (Å²) in [4.78, 5) is 21.9. The van der Waals surface area contributed by atoms with E-state index in [1.807, 2.05) is 12.1 Å². The van der Waals surface area contributed by atoms with Crippen LogP contribution < -0.4 is 10.2 Å². The van der Waals surface area contributed by atoms with Crippen LogP contribution in [0.2, 0.25) is 0 Å². The van der Waals surface area contributed by atoms with Crippen LogP contribution in [0.1, 0.15) is 34.8 Å². The molecule has 0 unspecified atom stereocenters. The maximum absolute atomic E-state index is 12.4. The lowest BCUT2D eigenvalue weighted by Crippen LogP contribution is -2.51. The minimum absolute atomic E-state index is 0.0590. The number of hydrogen-bond donors (Lipinski definition) is 2. The SMILES string of the molecule is O=C(NCC1CN(c2ccc(C3CC3)nn2)C1)c1c[nH]c2ncccc12. The largest absolute Gasteiger partial charge is 0.354 e. The van der Waals surface area contributed by atoms with Gasteiger partial charge in [-0.3, -0.25) is 4.79 Å². The van der Waals surface area contributed by atoms with Crippen molar-refractivity contribution in [2.75, 3.05) is 24.5 Å². The Balaban J connectivity index is 1.14. The molecule has 0 radical (unpaired) electrons. The second-order valence-corrected chi connectivity index (χ2v) is 7.17. The van der Waals surface area contributed by atoms with Gasteiger partial charge in [-0.1, -0.05) is 0 Å². The highest BCUT2D eigenvalue weighted by molar-refractivity contribution is 6.05. The Morgan fingerprint density at radius 3 is 2.88 bits per heavy atom. The van der Waals surface area contributed by atoms with Crippen molar-refractivity contribution in [1.82, 2.24) is 25.5 Å². The molecule has 7 heteroatoms.